The number of hydrogen-bond donors (Lipinski definition) is 1. The molecule has 114 valence electrons. The molecule has 3 atom stereocenters. The Morgan fingerprint density at radius 2 is 2.38 bits per heavy atom. The quantitative estimate of drug-likeness (QED) is 0.924. The van der Waals surface area contributed by atoms with Gasteiger partial charge < -0.3 is 14.7 Å². The Bertz CT molecular complexity index is 544. The van der Waals surface area contributed by atoms with Gasteiger partial charge in [0.15, 0.2) is 0 Å². The number of hydrogen-bond acceptors (Lipinski definition) is 4. The highest BCUT2D eigenvalue weighted by Gasteiger charge is 2.55. The zero-order valence-corrected chi connectivity index (χ0v) is 12.8. The van der Waals surface area contributed by atoms with E-state index in [1.165, 1.54) is 0 Å². The summed E-state index contributed by atoms with van der Waals surface area (Å²) in [4.78, 5) is 26.1. The van der Waals surface area contributed by atoms with Crippen molar-refractivity contribution in [3.63, 3.8) is 0 Å². The van der Waals surface area contributed by atoms with E-state index >= 15 is 0 Å². The van der Waals surface area contributed by atoms with Crippen molar-refractivity contribution >= 4 is 23.2 Å². The molecule has 1 N–H and O–H groups in total. The fraction of sp³-hybridized carbons (Fsp3) is 0.600. The molecule has 0 aromatic carbocycles. The molecule has 5 nitrogen and oxygen atoms in total. The molecule has 3 heterocycles. The van der Waals surface area contributed by atoms with Gasteiger partial charge in [0.05, 0.1) is 17.9 Å². The first-order valence-corrected chi connectivity index (χ1v) is 8.11. The van der Waals surface area contributed by atoms with Crippen LogP contribution < -0.4 is 0 Å². The second-order valence-corrected chi connectivity index (χ2v) is 6.76. The van der Waals surface area contributed by atoms with E-state index in [9.17, 15) is 14.7 Å². The molecule has 2 saturated heterocycles. The number of fused-ring (bicyclic) bond motifs is 1. The number of nitrogens with zero attached hydrogens (tertiary/aromatic N) is 1. The Balaban J connectivity index is 1.79. The molecule has 0 saturated carbocycles. The molecule has 3 rings (SSSR count). The maximum atomic E-state index is 12.6. The fourth-order valence-electron chi connectivity index (χ4n) is 3.41. The van der Waals surface area contributed by atoms with Crippen LogP contribution in [-0.2, 0) is 14.3 Å². The number of amides is 1. The Kier molecular flexibility index (Phi) is 3.75. The van der Waals surface area contributed by atoms with E-state index in [1.54, 1.807) is 16.2 Å². The topological polar surface area (TPSA) is 66.8 Å². The van der Waals surface area contributed by atoms with Gasteiger partial charge in [0.25, 0.3) is 0 Å². The van der Waals surface area contributed by atoms with Crippen molar-refractivity contribution in [3.05, 3.63) is 22.4 Å². The molecule has 0 spiro atoms. The lowest BCUT2D eigenvalue weighted by Crippen LogP contribution is -2.45. The van der Waals surface area contributed by atoms with Crippen molar-refractivity contribution < 1.29 is 19.4 Å². The van der Waals surface area contributed by atoms with E-state index in [4.69, 9.17) is 4.74 Å². The van der Waals surface area contributed by atoms with Gasteiger partial charge in [0, 0.05) is 25.6 Å². The Hall–Kier alpha value is -1.40. The molecule has 1 aromatic heterocycles. The number of thiophene rings is 1. The minimum absolute atomic E-state index is 0.0171. The first-order valence-electron chi connectivity index (χ1n) is 7.16. The third-order valence-electron chi connectivity index (χ3n) is 4.86. The first kappa shape index (κ1) is 14.5. The summed E-state index contributed by atoms with van der Waals surface area (Å²) < 4.78 is 5.42. The maximum Gasteiger partial charge on any atom is 0.311 e. The summed E-state index contributed by atoms with van der Waals surface area (Å²) in [6.07, 6.45) is 0.490. The van der Waals surface area contributed by atoms with Crippen molar-refractivity contribution in [2.24, 2.45) is 11.3 Å². The van der Waals surface area contributed by atoms with Crippen LogP contribution in [0.5, 0.6) is 0 Å². The first-order chi connectivity index (χ1) is 10.0. The molecule has 2 aliphatic rings. The van der Waals surface area contributed by atoms with Gasteiger partial charge in [-0.1, -0.05) is 0 Å². The molecule has 21 heavy (non-hydrogen) atoms. The zero-order valence-electron chi connectivity index (χ0n) is 11.9. The molecule has 6 heteroatoms. The van der Waals surface area contributed by atoms with E-state index < -0.39 is 11.4 Å². The predicted octanol–water partition coefficient (Wildman–Crippen LogP) is 1.80. The summed E-state index contributed by atoms with van der Waals surface area (Å²) in [5.41, 5.74) is 0.183. The SMILES string of the molecule is CC(C(=O)N1C[C@H]2COCC[C@@]2(C(=O)O)C1)c1ccsc1. The summed E-state index contributed by atoms with van der Waals surface area (Å²) >= 11 is 1.57. The largest absolute Gasteiger partial charge is 0.481 e. The number of ether oxygens (including phenoxy) is 1. The van der Waals surface area contributed by atoms with E-state index in [1.807, 2.05) is 23.8 Å². The van der Waals surface area contributed by atoms with Gasteiger partial charge in [0.2, 0.25) is 5.91 Å². The number of carbonyl (C=O) groups excluding carboxylic acids is 1. The second kappa shape index (κ2) is 5.42. The van der Waals surface area contributed by atoms with Gasteiger partial charge in [-0.15, -0.1) is 0 Å². The average Bonchev–Trinajstić information content (AvgIpc) is 3.13. The van der Waals surface area contributed by atoms with Gasteiger partial charge in [0.1, 0.15) is 0 Å². The van der Waals surface area contributed by atoms with Crippen LogP contribution in [0.4, 0.5) is 0 Å². The summed E-state index contributed by atoms with van der Waals surface area (Å²) in [6.45, 7) is 3.58. The molecule has 0 bridgehead atoms. The summed E-state index contributed by atoms with van der Waals surface area (Å²) in [5.74, 6) is -1.09. The maximum absolute atomic E-state index is 12.6. The van der Waals surface area contributed by atoms with Crippen LogP contribution in [0, 0.1) is 11.3 Å². The van der Waals surface area contributed by atoms with Crippen molar-refractivity contribution in [1.82, 2.24) is 4.90 Å². The molecule has 1 amide bonds. The lowest BCUT2D eigenvalue weighted by atomic mass is 9.74. The minimum Gasteiger partial charge on any atom is -0.481 e. The number of carboxylic acids is 1. The third-order valence-corrected chi connectivity index (χ3v) is 5.56. The number of carboxylic acid groups (broad SMARTS) is 1. The molecular formula is C15H19NO4S. The standard InChI is InChI=1S/C15H19NO4S/c1-10(11-2-5-21-8-11)13(17)16-6-12-7-20-4-3-15(12,9-16)14(18)19/h2,5,8,10,12H,3-4,6-7,9H2,1H3,(H,18,19)/t10?,12-,15+/m0/s1. The molecule has 2 aliphatic heterocycles. The van der Waals surface area contributed by atoms with Crippen molar-refractivity contribution in [1.29, 1.82) is 0 Å². The van der Waals surface area contributed by atoms with Gasteiger partial charge in [-0.3, -0.25) is 9.59 Å². The van der Waals surface area contributed by atoms with Crippen molar-refractivity contribution in [2.75, 3.05) is 26.3 Å². The second-order valence-electron chi connectivity index (χ2n) is 5.98. The minimum atomic E-state index is -0.817. The highest BCUT2D eigenvalue weighted by Crippen LogP contribution is 2.43. The van der Waals surface area contributed by atoms with Gasteiger partial charge in [-0.2, -0.15) is 11.3 Å². The molecule has 2 fully saturated rings. The van der Waals surface area contributed by atoms with Crippen LogP contribution in [-0.4, -0.2) is 48.2 Å². The summed E-state index contributed by atoms with van der Waals surface area (Å²) in [7, 11) is 0. The molecule has 0 radical (unpaired) electrons. The van der Waals surface area contributed by atoms with Crippen LogP contribution in [0.15, 0.2) is 16.8 Å². The van der Waals surface area contributed by atoms with E-state index in [-0.39, 0.29) is 17.7 Å². The zero-order chi connectivity index (χ0) is 15.0. The molecular weight excluding hydrogens is 290 g/mol. The van der Waals surface area contributed by atoms with E-state index in [0.717, 1.165) is 5.56 Å². The number of aliphatic carboxylic acids is 1. The monoisotopic (exact) mass is 309 g/mol. The Morgan fingerprint density at radius 1 is 1.57 bits per heavy atom. The van der Waals surface area contributed by atoms with E-state index in [2.05, 4.69) is 0 Å². The molecule has 1 unspecified atom stereocenters. The van der Waals surface area contributed by atoms with Gasteiger partial charge in [-0.05, 0) is 35.7 Å². The number of carbonyl (C=O) groups is 2. The van der Waals surface area contributed by atoms with Crippen LogP contribution in [0.1, 0.15) is 24.8 Å². The number of likely N-dealkylation sites (tertiary alicyclic amines) is 1. The smallest absolute Gasteiger partial charge is 0.311 e. The van der Waals surface area contributed by atoms with Gasteiger partial charge in [-0.25, -0.2) is 0 Å². The Morgan fingerprint density at radius 3 is 3.00 bits per heavy atom. The van der Waals surface area contributed by atoms with Crippen LogP contribution >= 0.6 is 11.3 Å². The van der Waals surface area contributed by atoms with Gasteiger partial charge >= 0.3 is 5.97 Å². The van der Waals surface area contributed by atoms with Crippen LogP contribution in [0.25, 0.3) is 0 Å². The van der Waals surface area contributed by atoms with Crippen LogP contribution in [0.2, 0.25) is 0 Å². The molecule has 1 aromatic rings. The van der Waals surface area contributed by atoms with Crippen molar-refractivity contribution in [2.45, 2.75) is 19.3 Å². The Labute approximate surface area is 127 Å². The lowest BCUT2D eigenvalue weighted by Gasteiger charge is -2.33. The lowest BCUT2D eigenvalue weighted by molar-refractivity contribution is -0.157. The molecule has 0 aliphatic carbocycles. The van der Waals surface area contributed by atoms with Crippen molar-refractivity contribution in [3.8, 4) is 0 Å². The van der Waals surface area contributed by atoms with Crippen LogP contribution in [0.3, 0.4) is 0 Å². The van der Waals surface area contributed by atoms with E-state index in [0.29, 0.717) is 32.7 Å². The average molecular weight is 309 g/mol. The number of rotatable bonds is 3. The summed E-state index contributed by atoms with van der Waals surface area (Å²) in [6, 6.07) is 1.95. The predicted molar refractivity (Wildman–Crippen MR) is 78.3 cm³/mol. The normalized spacial score (nSPS) is 30.0. The highest BCUT2D eigenvalue weighted by molar-refractivity contribution is 7.08. The summed E-state index contributed by atoms with van der Waals surface area (Å²) in [5, 5.41) is 13.6. The fourth-order valence-corrected chi connectivity index (χ4v) is 4.16. The highest BCUT2D eigenvalue weighted by atomic mass is 32.1. The third kappa shape index (κ3) is 2.36.